The van der Waals surface area contributed by atoms with Gasteiger partial charge in [-0.05, 0) is 41.5 Å². The Kier molecular flexibility index (Phi) is 8.55. The molecule has 0 bridgehead atoms. The highest BCUT2D eigenvalue weighted by molar-refractivity contribution is 5.75. The van der Waals surface area contributed by atoms with Gasteiger partial charge in [-0.15, -0.1) is 0 Å². The standard InChI is InChI=1S/C25H30/c1-3-5-6-7-12-19-24(21-20-22-15-10-8-11-16-22)25(4-2)23-17-13-9-14-18-23/h8-21H,3-7H2,1-2H3/b19-12+,21-20+,25-24-. The van der Waals surface area contributed by atoms with E-state index >= 15 is 0 Å². The number of benzene rings is 2. The summed E-state index contributed by atoms with van der Waals surface area (Å²) in [5.74, 6) is 0. The Morgan fingerprint density at radius 3 is 2.12 bits per heavy atom. The van der Waals surface area contributed by atoms with E-state index in [1.807, 2.05) is 0 Å². The first-order valence-corrected chi connectivity index (χ1v) is 9.53. The molecule has 0 aliphatic rings. The van der Waals surface area contributed by atoms with Gasteiger partial charge in [0.25, 0.3) is 0 Å². The molecule has 0 amide bonds. The summed E-state index contributed by atoms with van der Waals surface area (Å²) in [6, 6.07) is 21.3. The highest BCUT2D eigenvalue weighted by Crippen LogP contribution is 2.25. The summed E-state index contributed by atoms with van der Waals surface area (Å²) < 4.78 is 0. The van der Waals surface area contributed by atoms with Crippen molar-refractivity contribution in [2.24, 2.45) is 0 Å². The first-order chi connectivity index (χ1) is 12.3. The maximum Gasteiger partial charge on any atom is -0.0219 e. The Morgan fingerprint density at radius 1 is 0.800 bits per heavy atom. The SMILES string of the molecule is CCCCC/C=C/C(/C=C/c1ccccc1)=C(\CC)c1ccccc1. The molecule has 0 aliphatic carbocycles. The molecule has 0 atom stereocenters. The van der Waals surface area contributed by atoms with Crippen molar-refractivity contribution in [2.45, 2.75) is 46.0 Å². The topological polar surface area (TPSA) is 0 Å². The van der Waals surface area contributed by atoms with Crippen LogP contribution >= 0.6 is 0 Å². The van der Waals surface area contributed by atoms with Crippen molar-refractivity contribution in [3.8, 4) is 0 Å². The molecule has 0 nitrogen and oxygen atoms in total. The quantitative estimate of drug-likeness (QED) is 0.326. The van der Waals surface area contributed by atoms with E-state index in [4.69, 9.17) is 0 Å². The van der Waals surface area contributed by atoms with Gasteiger partial charge in [-0.1, -0.05) is 112 Å². The van der Waals surface area contributed by atoms with Gasteiger partial charge in [-0.25, -0.2) is 0 Å². The van der Waals surface area contributed by atoms with Crippen LogP contribution in [0.15, 0.2) is 84.5 Å². The van der Waals surface area contributed by atoms with E-state index in [-0.39, 0.29) is 0 Å². The lowest BCUT2D eigenvalue weighted by Crippen LogP contribution is -1.88. The zero-order chi connectivity index (χ0) is 17.7. The van der Waals surface area contributed by atoms with Crippen LogP contribution in [0.1, 0.15) is 57.1 Å². The fraction of sp³-hybridized carbons (Fsp3) is 0.280. The Balaban J connectivity index is 2.30. The molecule has 0 fully saturated rings. The maximum absolute atomic E-state index is 2.33. The second-order valence-electron chi connectivity index (χ2n) is 6.30. The van der Waals surface area contributed by atoms with E-state index in [9.17, 15) is 0 Å². The van der Waals surface area contributed by atoms with Crippen molar-refractivity contribution in [3.05, 3.63) is 95.6 Å². The van der Waals surface area contributed by atoms with Crippen LogP contribution in [0, 0.1) is 0 Å². The molecule has 0 unspecified atom stereocenters. The molecule has 2 aromatic rings. The average molecular weight is 331 g/mol. The van der Waals surface area contributed by atoms with Gasteiger partial charge in [-0.3, -0.25) is 0 Å². The van der Waals surface area contributed by atoms with Gasteiger partial charge in [0.05, 0.1) is 0 Å². The van der Waals surface area contributed by atoms with Gasteiger partial charge in [-0.2, -0.15) is 0 Å². The van der Waals surface area contributed by atoms with E-state index in [1.54, 1.807) is 0 Å². The molecular weight excluding hydrogens is 300 g/mol. The van der Waals surface area contributed by atoms with Crippen LogP contribution in [0.25, 0.3) is 11.6 Å². The molecule has 130 valence electrons. The van der Waals surface area contributed by atoms with E-state index < -0.39 is 0 Å². The second kappa shape index (κ2) is 11.3. The van der Waals surface area contributed by atoms with Crippen LogP contribution in [0.3, 0.4) is 0 Å². The molecule has 0 heteroatoms. The van der Waals surface area contributed by atoms with Crippen molar-refractivity contribution in [1.29, 1.82) is 0 Å². The smallest absolute Gasteiger partial charge is 0.0219 e. The molecular formula is C25H30. The Hall–Kier alpha value is -2.34. The molecule has 0 radical (unpaired) electrons. The average Bonchev–Trinajstić information content (AvgIpc) is 2.67. The summed E-state index contributed by atoms with van der Waals surface area (Å²) in [6.07, 6.45) is 15.1. The monoisotopic (exact) mass is 330 g/mol. The maximum atomic E-state index is 2.33. The highest BCUT2D eigenvalue weighted by Gasteiger charge is 2.03. The lowest BCUT2D eigenvalue weighted by Gasteiger charge is -2.09. The first-order valence-electron chi connectivity index (χ1n) is 9.53. The van der Waals surface area contributed by atoms with Gasteiger partial charge in [0.15, 0.2) is 0 Å². The van der Waals surface area contributed by atoms with Crippen LogP contribution in [-0.2, 0) is 0 Å². The third kappa shape index (κ3) is 6.58. The molecule has 0 saturated heterocycles. The second-order valence-corrected chi connectivity index (χ2v) is 6.30. The minimum Gasteiger partial charge on any atom is -0.0839 e. The summed E-state index contributed by atoms with van der Waals surface area (Å²) in [5.41, 5.74) is 5.27. The predicted octanol–water partition coefficient (Wildman–Crippen LogP) is 7.70. The van der Waals surface area contributed by atoms with Gasteiger partial charge >= 0.3 is 0 Å². The van der Waals surface area contributed by atoms with Crippen molar-refractivity contribution >= 4 is 11.6 Å². The van der Waals surface area contributed by atoms with Gasteiger partial charge in [0.2, 0.25) is 0 Å². The van der Waals surface area contributed by atoms with E-state index in [0.29, 0.717) is 0 Å². The van der Waals surface area contributed by atoms with Gasteiger partial charge < -0.3 is 0 Å². The zero-order valence-electron chi connectivity index (χ0n) is 15.6. The summed E-state index contributed by atoms with van der Waals surface area (Å²) in [4.78, 5) is 0. The molecule has 2 aromatic carbocycles. The molecule has 0 saturated carbocycles. The summed E-state index contributed by atoms with van der Waals surface area (Å²) >= 11 is 0. The minimum atomic E-state index is 1.03. The van der Waals surface area contributed by atoms with E-state index in [0.717, 1.165) is 12.8 Å². The lowest BCUT2D eigenvalue weighted by atomic mass is 9.96. The summed E-state index contributed by atoms with van der Waals surface area (Å²) in [7, 11) is 0. The highest BCUT2D eigenvalue weighted by atomic mass is 14.1. The first kappa shape index (κ1) is 19.0. The lowest BCUT2D eigenvalue weighted by molar-refractivity contribution is 0.729. The van der Waals surface area contributed by atoms with Crippen molar-refractivity contribution in [2.75, 3.05) is 0 Å². The van der Waals surface area contributed by atoms with Crippen LogP contribution in [0.5, 0.6) is 0 Å². The van der Waals surface area contributed by atoms with E-state index in [1.165, 1.54) is 41.5 Å². The molecule has 2 rings (SSSR count). The minimum absolute atomic E-state index is 1.03. The molecule has 0 aliphatic heterocycles. The molecule has 25 heavy (non-hydrogen) atoms. The van der Waals surface area contributed by atoms with Crippen molar-refractivity contribution in [3.63, 3.8) is 0 Å². The molecule has 0 spiro atoms. The Bertz CT molecular complexity index is 687. The Morgan fingerprint density at radius 2 is 1.48 bits per heavy atom. The molecule has 0 heterocycles. The number of hydrogen-bond acceptors (Lipinski definition) is 0. The van der Waals surface area contributed by atoms with E-state index in [2.05, 4.69) is 98.8 Å². The normalized spacial score (nSPS) is 12.7. The number of hydrogen-bond donors (Lipinski definition) is 0. The van der Waals surface area contributed by atoms with Crippen LogP contribution in [0.4, 0.5) is 0 Å². The summed E-state index contributed by atoms with van der Waals surface area (Å²) in [5, 5.41) is 0. The third-order valence-electron chi connectivity index (χ3n) is 4.35. The summed E-state index contributed by atoms with van der Waals surface area (Å²) in [6.45, 7) is 4.49. The van der Waals surface area contributed by atoms with Gasteiger partial charge in [0.1, 0.15) is 0 Å². The number of unbranched alkanes of at least 4 members (excludes halogenated alkanes) is 3. The number of allylic oxidation sites excluding steroid dienone is 5. The number of rotatable bonds is 9. The third-order valence-corrected chi connectivity index (χ3v) is 4.35. The largest absolute Gasteiger partial charge is 0.0839 e. The van der Waals surface area contributed by atoms with Crippen molar-refractivity contribution < 1.29 is 0 Å². The molecule has 0 aromatic heterocycles. The van der Waals surface area contributed by atoms with Crippen LogP contribution in [0.2, 0.25) is 0 Å². The molecule has 0 N–H and O–H groups in total. The predicted molar refractivity (Wildman–Crippen MR) is 112 cm³/mol. The fourth-order valence-corrected chi connectivity index (χ4v) is 2.94. The fourth-order valence-electron chi connectivity index (χ4n) is 2.94. The van der Waals surface area contributed by atoms with Crippen LogP contribution in [-0.4, -0.2) is 0 Å². The van der Waals surface area contributed by atoms with Crippen molar-refractivity contribution in [1.82, 2.24) is 0 Å². The van der Waals surface area contributed by atoms with Crippen LogP contribution < -0.4 is 0 Å². The zero-order valence-corrected chi connectivity index (χ0v) is 15.6. The van der Waals surface area contributed by atoms with Gasteiger partial charge in [0, 0.05) is 0 Å². The Labute approximate surface area is 153 Å².